The van der Waals surface area contributed by atoms with Crippen LogP contribution in [-0.2, 0) is 4.79 Å². The first-order chi connectivity index (χ1) is 7.95. The van der Waals surface area contributed by atoms with Crippen molar-refractivity contribution in [2.45, 2.75) is 6.04 Å². The van der Waals surface area contributed by atoms with Gasteiger partial charge in [0, 0.05) is 10.0 Å². The number of nitrogens with one attached hydrogen (secondary N) is 1. The fraction of sp³-hybridized carbons (Fsp3) is 0.200. The minimum absolute atomic E-state index is 0.251. The predicted molar refractivity (Wildman–Crippen MR) is 65.1 cm³/mol. The number of carboxylic acid groups (broad SMARTS) is 1. The van der Waals surface area contributed by atoms with E-state index >= 15 is 0 Å². The monoisotopic (exact) mass is 321 g/mol. The molecule has 17 heavy (non-hydrogen) atoms. The van der Waals surface area contributed by atoms with Crippen LogP contribution in [0, 0.1) is 0 Å². The molecule has 0 spiro atoms. The largest absolute Gasteiger partial charge is 0.480 e. The van der Waals surface area contributed by atoms with Gasteiger partial charge in [-0.15, -0.1) is 0 Å². The molecule has 5 nitrogen and oxygen atoms in total. The lowest BCUT2D eigenvalue weighted by atomic mass is 10.2. The van der Waals surface area contributed by atoms with Crippen molar-refractivity contribution in [2.75, 3.05) is 6.61 Å². The van der Waals surface area contributed by atoms with Gasteiger partial charge in [0.05, 0.1) is 11.6 Å². The first kappa shape index (κ1) is 14.0. The molecule has 1 aromatic carbocycles. The second-order valence-electron chi connectivity index (χ2n) is 3.18. The number of carbonyl (C=O) groups excluding carboxylic acids is 1. The van der Waals surface area contributed by atoms with E-state index in [4.69, 9.17) is 21.8 Å². The third-order valence-corrected chi connectivity index (χ3v) is 3.18. The summed E-state index contributed by atoms with van der Waals surface area (Å²) in [6.45, 7) is -0.671. The summed E-state index contributed by atoms with van der Waals surface area (Å²) in [6.07, 6.45) is 0. The number of aliphatic hydroxyl groups excluding tert-OH is 1. The predicted octanol–water partition coefficient (Wildman–Crippen LogP) is 1.28. The first-order valence-corrected chi connectivity index (χ1v) is 5.72. The molecule has 0 aliphatic carbocycles. The average molecular weight is 323 g/mol. The molecule has 3 N–H and O–H groups in total. The molecular weight excluding hydrogens is 313 g/mol. The van der Waals surface area contributed by atoms with Gasteiger partial charge in [0.2, 0.25) is 0 Å². The van der Waals surface area contributed by atoms with Crippen molar-refractivity contribution in [1.82, 2.24) is 5.32 Å². The summed E-state index contributed by atoms with van der Waals surface area (Å²) in [4.78, 5) is 22.2. The van der Waals surface area contributed by atoms with Crippen LogP contribution >= 0.6 is 27.5 Å². The molecule has 1 rings (SSSR count). The zero-order valence-corrected chi connectivity index (χ0v) is 10.8. The molecule has 0 fully saturated rings. The third kappa shape index (κ3) is 3.69. The molecule has 0 radical (unpaired) electrons. The number of halogens is 2. The van der Waals surface area contributed by atoms with E-state index in [-0.39, 0.29) is 5.56 Å². The van der Waals surface area contributed by atoms with Crippen LogP contribution in [0.1, 0.15) is 10.4 Å². The molecule has 7 heteroatoms. The van der Waals surface area contributed by atoms with Crippen LogP contribution < -0.4 is 5.32 Å². The van der Waals surface area contributed by atoms with Gasteiger partial charge in [0.1, 0.15) is 0 Å². The third-order valence-electron chi connectivity index (χ3n) is 1.97. The lowest BCUT2D eigenvalue weighted by Crippen LogP contribution is -2.43. The van der Waals surface area contributed by atoms with E-state index in [1.54, 1.807) is 0 Å². The Morgan fingerprint density at radius 1 is 1.47 bits per heavy atom. The van der Waals surface area contributed by atoms with E-state index in [1.165, 1.54) is 18.2 Å². The zero-order valence-electron chi connectivity index (χ0n) is 8.48. The first-order valence-electron chi connectivity index (χ1n) is 4.55. The standard InChI is InChI=1S/C10H9BrClNO4/c11-6-3-5(1-2-7(6)12)9(15)13-8(4-14)10(16)17/h1-3,8,14H,4H2,(H,13,15)(H,16,17). The van der Waals surface area contributed by atoms with E-state index in [0.29, 0.717) is 9.50 Å². The van der Waals surface area contributed by atoms with Crippen molar-refractivity contribution >= 4 is 39.4 Å². The average Bonchev–Trinajstić information content (AvgIpc) is 2.28. The van der Waals surface area contributed by atoms with Crippen molar-refractivity contribution in [3.05, 3.63) is 33.3 Å². The van der Waals surface area contributed by atoms with E-state index < -0.39 is 24.5 Å². The number of aliphatic carboxylic acids is 1. The molecule has 0 aliphatic rings. The Hall–Kier alpha value is -1.11. The van der Waals surface area contributed by atoms with Gasteiger partial charge < -0.3 is 15.5 Å². The number of hydrogen-bond acceptors (Lipinski definition) is 3. The smallest absolute Gasteiger partial charge is 0.328 e. The Bertz CT molecular complexity index is 452. The van der Waals surface area contributed by atoms with Crippen LogP contribution in [0.4, 0.5) is 0 Å². The zero-order chi connectivity index (χ0) is 13.0. The van der Waals surface area contributed by atoms with Gasteiger partial charge in [-0.1, -0.05) is 11.6 Å². The van der Waals surface area contributed by atoms with Gasteiger partial charge in [-0.05, 0) is 34.1 Å². The quantitative estimate of drug-likeness (QED) is 0.779. The molecule has 1 aromatic rings. The second kappa shape index (κ2) is 6.00. The summed E-state index contributed by atoms with van der Waals surface area (Å²) >= 11 is 8.91. The number of hydrogen-bond donors (Lipinski definition) is 3. The highest BCUT2D eigenvalue weighted by Gasteiger charge is 2.19. The Labute approximate surface area is 111 Å². The van der Waals surface area contributed by atoms with Crippen molar-refractivity contribution < 1.29 is 19.8 Å². The highest BCUT2D eigenvalue weighted by atomic mass is 79.9. The normalized spacial score (nSPS) is 11.9. The Balaban J connectivity index is 2.82. The molecule has 0 saturated heterocycles. The number of carbonyl (C=O) groups is 2. The second-order valence-corrected chi connectivity index (χ2v) is 4.44. The molecule has 0 bridgehead atoms. The molecule has 1 unspecified atom stereocenters. The Morgan fingerprint density at radius 3 is 2.59 bits per heavy atom. The van der Waals surface area contributed by atoms with Crippen molar-refractivity contribution in [3.63, 3.8) is 0 Å². The maximum Gasteiger partial charge on any atom is 0.328 e. The Morgan fingerprint density at radius 2 is 2.12 bits per heavy atom. The van der Waals surface area contributed by atoms with Gasteiger partial charge >= 0.3 is 5.97 Å². The van der Waals surface area contributed by atoms with Crippen LogP contribution in [0.15, 0.2) is 22.7 Å². The maximum absolute atomic E-state index is 11.6. The molecule has 92 valence electrons. The number of amides is 1. The summed E-state index contributed by atoms with van der Waals surface area (Å²) in [5.74, 6) is -1.89. The lowest BCUT2D eigenvalue weighted by molar-refractivity contribution is -0.140. The number of carboxylic acids is 1. The van der Waals surface area contributed by atoms with Crippen molar-refractivity contribution in [2.24, 2.45) is 0 Å². The molecule has 0 aromatic heterocycles. The minimum atomic E-state index is -1.32. The summed E-state index contributed by atoms with van der Waals surface area (Å²) in [7, 11) is 0. The van der Waals surface area contributed by atoms with Gasteiger partial charge in [0.25, 0.3) is 5.91 Å². The van der Waals surface area contributed by atoms with Crippen LogP contribution in [-0.4, -0.2) is 34.7 Å². The summed E-state index contributed by atoms with van der Waals surface area (Å²) < 4.78 is 0.530. The fourth-order valence-electron chi connectivity index (χ4n) is 1.06. The number of aliphatic hydroxyl groups is 1. The van der Waals surface area contributed by atoms with Crippen LogP contribution in [0.5, 0.6) is 0 Å². The molecule has 1 atom stereocenters. The molecule has 1 amide bonds. The summed E-state index contributed by atoms with van der Waals surface area (Å²) in [6, 6.07) is 3.11. The van der Waals surface area contributed by atoms with Crippen molar-refractivity contribution in [3.8, 4) is 0 Å². The van der Waals surface area contributed by atoms with E-state index in [2.05, 4.69) is 21.2 Å². The van der Waals surface area contributed by atoms with Crippen LogP contribution in [0.3, 0.4) is 0 Å². The van der Waals surface area contributed by atoms with E-state index in [0.717, 1.165) is 0 Å². The van der Waals surface area contributed by atoms with E-state index in [9.17, 15) is 9.59 Å². The number of rotatable bonds is 4. The van der Waals surface area contributed by atoms with Crippen LogP contribution in [0.25, 0.3) is 0 Å². The van der Waals surface area contributed by atoms with Crippen LogP contribution in [0.2, 0.25) is 5.02 Å². The van der Waals surface area contributed by atoms with Gasteiger partial charge in [-0.25, -0.2) is 4.79 Å². The SMILES string of the molecule is O=C(NC(CO)C(=O)O)c1ccc(Cl)c(Br)c1. The molecule has 0 aliphatic heterocycles. The summed E-state index contributed by atoms with van der Waals surface area (Å²) in [5.41, 5.74) is 0.251. The molecular formula is C10H9BrClNO4. The number of benzene rings is 1. The highest BCUT2D eigenvalue weighted by molar-refractivity contribution is 9.10. The Kier molecular flexibility index (Phi) is 4.92. The van der Waals surface area contributed by atoms with Crippen molar-refractivity contribution in [1.29, 1.82) is 0 Å². The fourth-order valence-corrected chi connectivity index (χ4v) is 1.56. The van der Waals surface area contributed by atoms with Gasteiger partial charge in [-0.3, -0.25) is 4.79 Å². The van der Waals surface area contributed by atoms with Gasteiger partial charge in [-0.2, -0.15) is 0 Å². The molecule has 0 heterocycles. The topological polar surface area (TPSA) is 86.6 Å². The summed E-state index contributed by atoms with van der Waals surface area (Å²) in [5, 5.41) is 20.0. The maximum atomic E-state index is 11.6. The lowest BCUT2D eigenvalue weighted by Gasteiger charge is -2.11. The highest BCUT2D eigenvalue weighted by Crippen LogP contribution is 2.23. The molecule has 0 saturated carbocycles. The minimum Gasteiger partial charge on any atom is -0.480 e. The van der Waals surface area contributed by atoms with Gasteiger partial charge in [0.15, 0.2) is 6.04 Å². The van der Waals surface area contributed by atoms with E-state index in [1.807, 2.05) is 0 Å².